The van der Waals surface area contributed by atoms with Gasteiger partial charge in [0, 0.05) is 51.2 Å². The minimum absolute atomic E-state index is 0. The molecule has 2 aromatic carbocycles. The van der Waals surface area contributed by atoms with Gasteiger partial charge in [0.1, 0.15) is 5.75 Å². The lowest BCUT2D eigenvalue weighted by Crippen LogP contribution is -2.52. The van der Waals surface area contributed by atoms with Gasteiger partial charge in [0.2, 0.25) is 0 Å². The number of anilines is 1. The Labute approximate surface area is 208 Å². The van der Waals surface area contributed by atoms with E-state index in [0.29, 0.717) is 11.4 Å². The molecule has 32 heavy (non-hydrogen) atoms. The molecular formula is C23H33IN4O3S. The smallest absolute Gasteiger partial charge is 0.194 e. The van der Waals surface area contributed by atoms with Gasteiger partial charge in [-0.1, -0.05) is 12.1 Å². The number of nitrogens with one attached hydrogen (secondary N) is 1. The third-order valence-electron chi connectivity index (χ3n) is 5.37. The third-order valence-corrected chi connectivity index (χ3v) is 6.49. The van der Waals surface area contributed by atoms with Crippen molar-refractivity contribution in [2.45, 2.75) is 18.2 Å². The molecule has 3 rings (SSSR count). The molecule has 0 aromatic heterocycles. The van der Waals surface area contributed by atoms with Crippen molar-refractivity contribution in [3.8, 4) is 5.75 Å². The largest absolute Gasteiger partial charge is 0.497 e. The van der Waals surface area contributed by atoms with Crippen LogP contribution < -0.4 is 15.0 Å². The number of aliphatic imine (C=N–C) groups is 1. The zero-order valence-corrected chi connectivity index (χ0v) is 22.1. The average Bonchev–Trinajstić information content (AvgIpc) is 2.78. The Kier molecular flexibility index (Phi) is 10.1. The van der Waals surface area contributed by atoms with Crippen molar-refractivity contribution in [3.63, 3.8) is 0 Å². The van der Waals surface area contributed by atoms with Crippen LogP contribution in [-0.2, 0) is 16.3 Å². The van der Waals surface area contributed by atoms with Crippen LogP contribution in [0.5, 0.6) is 5.75 Å². The van der Waals surface area contributed by atoms with E-state index in [1.165, 1.54) is 11.9 Å². The summed E-state index contributed by atoms with van der Waals surface area (Å²) in [5.41, 5.74) is 2.29. The van der Waals surface area contributed by atoms with Crippen LogP contribution in [0.2, 0.25) is 0 Å². The van der Waals surface area contributed by atoms with Crippen LogP contribution in [0.1, 0.15) is 12.5 Å². The minimum Gasteiger partial charge on any atom is -0.497 e. The molecule has 1 aliphatic heterocycles. The number of sulfone groups is 1. The number of benzene rings is 2. The van der Waals surface area contributed by atoms with E-state index in [-0.39, 0.29) is 24.0 Å². The van der Waals surface area contributed by atoms with Crippen LogP contribution in [0.15, 0.2) is 58.4 Å². The molecule has 0 spiro atoms. The summed E-state index contributed by atoms with van der Waals surface area (Å²) < 4.78 is 28.4. The fourth-order valence-electron chi connectivity index (χ4n) is 3.59. The van der Waals surface area contributed by atoms with E-state index in [2.05, 4.69) is 34.2 Å². The van der Waals surface area contributed by atoms with E-state index in [0.717, 1.165) is 56.4 Å². The summed E-state index contributed by atoms with van der Waals surface area (Å²) in [6.45, 7) is 7.22. The first-order chi connectivity index (χ1) is 14.9. The van der Waals surface area contributed by atoms with Gasteiger partial charge in [-0.05, 0) is 55.3 Å². The molecule has 0 atom stereocenters. The predicted octanol–water partition coefficient (Wildman–Crippen LogP) is 3.05. The second-order valence-corrected chi connectivity index (χ2v) is 9.59. The van der Waals surface area contributed by atoms with Gasteiger partial charge in [0.05, 0.1) is 12.0 Å². The molecular weight excluding hydrogens is 539 g/mol. The Hall–Kier alpha value is -2.01. The molecule has 2 aromatic rings. The summed E-state index contributed by atoms with van der Waals surface area (Å²) in [6.07, 6.45) is 1.99. The Morgan fingerprint density at radius 2 is 1.66 bits per heavy atom. The highest BCUT2D eigenvalue weighted by molar-refractivity contribution is 14.0. The van der Waals surface area contributed by atoms with E-state index in [9.17, 15) is 8.42 Å². The normalized spacial score (nSPS) is 14.7. The Morgan fingerprint density at radius 3 is 2.19 bits per heavy atom. The van der Waals surface area contributed by atoms with Crippen LogP contribution >= 0.6 is 24.0 Å². The Morgan fingerprint density at radius 1 is 1.03 bits per heavy atom. The number of halogens is 1. The molecule has 0 bridgehead atoms. The molecule has 0 radical (unpaired) electrons. The van der Waals surface area contributed by atoms with Gasteiger partial charge >= 0.3 is 0 Å². The molecule has 7 nitrogen and oxygen atoms in total. The fraction of sp³-hybridized carbons (Fsp3) is 0.435. The van der Waals surface area contributed by atoms with Gasteiger partial charge in [0.15, 0.2) is 15.8 Å². The summed E-state index contributed by atoms with van der Waals surface area (Å²) in [5.74, 6) is 1.81. The summed E-state index contributed by atoms with van der Waals surface area (Å²) >= 11 is 0. The van der Waals surface area contributed by atoms with Gasteiger partial charge in [-0.15, -0.1) is 24.0 Å². The van der Waals surface area contributed by atoms with Crippen molar-refractivity contribution in [1.82, 2.24) is 10.2 Å². The minimum atomic E-state index is -3.16. The lowest BCUT2D eigenvalue weighted by atomic mass is 10.1. The molecule has 0 unspecified atom stereocenters. The highest BCUT2D eigenvalue weighted by Gasteiger charge is 2.19. The zero-order chi connectivity index (χ0) is 22.3. The van der Waals surface area contributed by atoms with E-state index < -0.39 is 9.84 Å². The fourth-order valence-corrected chi connectivity index (χ4v) is 4.22. The van der Waals surface area contributed by atoms with E-state index >= 15 is 0 Å². The van der Waals surface area contributed by atoms with Crippen LogP contribution in [0.4, 0.5) is 5.69 Å². The maximum atomic E-state index is 11.6. The number of guanidine groups is 1. The second kappa shape index (κ2) is 12.3. The summed E-state index contributed by atoms with van der Waals surface area (Å²) in [5, 5.41) is 3.40. The van der Waals surface area contributed by atoms with Crippen molar-refractivity contribution < 1.29 is 13.2 Å². The van der Waals surface area contributed by atoms with Crippen molar-refractivity contribution >= 4 is 45.5 Å². The molecule has 0 amide bonds. The number of nitrogens with zero attached hydrogens (tertiary/aromatic N) is 3. The third kappa shape index (κ3) is 7.26. The van der Waals surface area contributed by atoms with Gasteiger partial charge in [-0.3, -0.25) is 4.99 Å². The van der Waals surface area contributed by atoms with Crippen LogP contribution in [0.25, 0.3) is 0 Å². The van der Waals surface area contributed by atoms with Gasteiger partial charge in [-0.2, -0.15) is 0 Å². The Bertz CT molecular complexity index is 971. The van der Waals surface area contributed by atoms with E-state index in [1.54, 1.807) is 19.2 Å². The zero-order valence-electron chi connectivity index (χ0n) is 19.0. The molecule has 9 heteroatoms. The number of rotatable bonds is 7. The number of methoxy groups -OCH3 is 1. The molecule has 1 heterocycles. The van der Waals surface area contributed by atoms with Crippen molar-refractivity contribution in [1.29, 1.82) is 0 Å². The van der Waals surface area contributed by atoms with Gasteiger partial charge in [-0.25, -0.2) is 8.42 Å². The van der Waals surface area contributed by atoms with Crippen molar-refractivity contribution in [3.05, 3.63) is 54.1 Å². The van der Waals surface area contributed by atoms with Crippen molar-refractivity contribution in [2.24, 2.45) is 4.99 Å². The summed E-state index contributed by atoms with van der Waals surface area (Å²) in [7, 11) is -1.48. The molecule has 0 saturated carbocycles. The lowest BCUT2D eigenvalue weighted by molar-refractivity contribution is 0.372. The maximum absolute atomic E-state index is 11.6. The molecule has 1 fully saturated rings. The van der Waals surface area contributed by atoms with Crippen molar-refractivity contribution in [2.75, 3.05) is 57.5 Å². The maximum Gasteiger partial charge on any atom is 0.194 e. The van der Waals surface area contributed by atoms with Crippen LogP contribution in [0.3, 0.4) is 0 Å². The number of hydrogen-bond donors (Lipinski definition) is 1. The highest BCUT2D eigenvalue weighted by atomic mass is 127. The first-order valence-electron chi connectivity index (χ1n) is 10.6. The second-order valence-electron chi connectivity index (χ2n) is 7.57. The highest BCUT2D eigenvalue weighted by Crippen LogP contribution is 2.20. The molecule has 1 N–H and O–H groups in total. The van der Waals surface area contributed by atoms with Crippen LogP contribution in [-0.4, -0.2) is 71.9 Å². The van der Waals surface area contributed by atoms with Gasteiger partial charge in [0.25, 0.3) is 0 Å². The predicted molar refractivity (Wildman–Crippen MR) is 141 cm³/mol. The first-order valence-corrected chi connectivity index (χ1v) is 12.5. The number of hydrogen-bond acceptors (Lipinski definition) is 5. The summed E-state index contributed by atoms with van der Waals surface area (Å²) in [4.78, 5) is 9.83. The molecule has 1 aliphatic rings. The Balaban J connectivity index is 0.00000363. The van der Waals surface area contributed by atoms with E-state index in [4.69, 9.17) is 9.73 Å². The number of piperazine rings is 1. The standard InChI is InChI=1S/C23H32N4O3S.HI/c1-4-24-23(25-14-13-19-5-11-22(12-6-19)31(3,28)29)27-17-15-26(16-18-27)20-7-9-21(30-2)10-8-20;/h5-12H,4,13-18H2,1-3H3,(H,24,25);1H. The van der Waals surface area contributed by atoms with Crippen LogP contribution in [0, 0.1) is 0 Å². The average molecular weight is 573 g/mol. The summed E-state index contributed by atoms with van der Waals surface area (Å²) in [6, 6.07) is 15.3. The topological polar surface area (TPSA) is 74.2 Å². The first kappa shape index (κ1) is 26.2. The van der Waals surface area contributed by atoms with Gasteiger partial charge < -0.3 is 19.9 Å². The quantitative estimate of drug-likeness (QED) is 0.313. The number of ether oxygens (including phenoxy) is 1. The molecule has 0 aliphatic carbocycles. The SMILES string of the molecule is CCNC(=NCCc1ccc(S(C)(=O)=O)cc1)N1CCN(c2ccc(OC)cc2)CC1.I. The molecule has 176 valence electrons. The van der Waals surface area contributed by atoms with E-state index in [1.807, 2.05) is 24.3 Å². The monoisotopic (exact) mass is 572 g/mol. The lowest BCUT2D eigenvalue weighted by Gasteiger charge is -2.37. The molecule has 1 saturated heterocycles.